The van der Waals surface area contributed by atoms with E-state index in [1.807, 2.05) is 62.4 Å². The predicted molar refractivity (Wildman–Crippen MR) is 91.6 cm³/mol. The Morgan fingerprint density at radius 3 is 1.59 bits per heavy atom. The molecule has 0 aliphatic carbocycles. The highest BCUT2D eigenvalue weighted by molar-refractivity contribution is 7.33. The van der Waals surface area contributed by atoms with Gasteiger partial charge in [0.05, 0.1) is 12.5 Å². The molecule has 2 aromatic carbocycles. The van der Waals surface area contributed by atoms with Gasteiger partial charge in [-0.25, -0.2) is 4.57 Å². The van der Waals surface area contributed by atoms with E-state index in [9.17, 15) is 4.57 Å². The molecule has 0 fully saturated rings. The van der Waals surface area contributed by atoms with E-state index in [-0.39, 0.29) is 0 Å². The van der Waals surface area contributed by atoms with Crippen molar-refractivity contribution in [2.75, 3.05) is 0 Å². The minimum absolute atomic E-state index is 1.02. The first-order valence-corrected chi connectivity index (χ1v) is 8.21. The first-order chi connectivity index (χ1) is 10.7. The maximum Gasteiger partial charge on any atom is 0.417 e. The zero-order valence-electron chi connectivity index (χ0n) is 12.7. The lowest BCUT2D eigenvalue weighted by molar-refractivity contribution is 0.358. The highest BCUT2D eigenvalue weighted by Gasteiger charge is 1.96. The molecule has 0 bridgehead atoms. The van der Waals surface area contributed by atoms with Crippen molar-refractivity contribution in [1.82, 2.24) is 0 Å². The van der Waals surface area contributed by atoms with E-state index in [0.717, 1.165) is 22.3 Å². The van der Waals surface area contributed by atoms with Crippen LogP contribution in [0.15, 0.2) is 61.1 Å². The maximum absolute atomic E-state index is 11.6. The van der Waals surface area contributed by atoms with Gasteiger partial charge in [-0.05, 0) is 48.3 Å². The average Bonchev–Trinajstić information content (AvgIpc) is 2.51. The normalized spacial score (nSPS) is 12.6. The lowest BCUT2D eigenvalue weighted by Crippen LogP contribution is -1.79. The van der Waals surface area contributed by atoms with Crippen molar-refractivity contribution in [3.05, 3.63) is 83.3 Å². The van der Waals surface area contributed by atoms with Gasteiger partial charge in [-0.2, -0.15) is 0 Å². The third-order valence-electron chi connectivity index (χ3n) is 3.20. The Balaban J connectivity index is 1.84. The Kier molecular flexibility index (Phi) is 6.05. The second-order valence-electron chi connectivity index (χ2n) is 4.80. The fourth-order valence-electron chi connectivity index (χ4n) is 1.90. The van der Waals surface area contributed by atoms with Crippen LogP contribution in [0.25, 0.3) is 12.2 Å². The third kappa shape index (κ3) is 4.94. The Labute approximate surface area is 131 Å². The first-order valence-electron chi connectivity index (χ1n) is 6.98. The molecule has 0 unspecified atom stereocenters. The highest BCUT2D eigenvalue weighted by Crippen LogP contribution is 2.25. The van der Waals surface area contributed by atoms with Crippen molar-refractivity contribution >= 4 is 20.4 Å². The second-order valence-corrected chi connectivity index (χ2v) is 5.78. The van der Waals surface area contributed by atoms with Crippen molar-refractivity contribution < 1.29 is 13.6 Å². The first kappa shape index (κ1) is 16.1. The van der Waals surface area contributed by atoms with E-state index in [4.69, 9.17) is 9.05 Å². The maximum atomic E-state index is 11.6. The summed E-state index contributed by atoms with van der Waals surface area (Å²) in [6, 6.07) is 15.8. The van der Waals surface area contributed by atoms with Crippen molar-refractivity contribution in [2.45, 2.75) is 13.8 Å². The summed E-state index contributed by atoms with van der Waals surface area (Å²) in [5.41, 5.74) is 4.30. The molecule has 22 heavy (non-hydrogen) atoms. The molecule has 0 aromatic heterocycles. The highest BCUT2D eigenvalue weighted by atomic mass is 31.1. The van der Waals surface area contributed by atoms with Crippen LogP contribution in [0.3, 0.4) is 0 Å². The molecule has 0 N–H and O–H groups in total. The number of aryl methyl sites for hydroxylation is 2. The summed E-state index contributed by atoms with van der Waals surface area (Å²) in [6.07, 6.45) is 6.36. The standard InChI is InChI=1S/C18H19O3P/c1-15-7-3-5-9-17(15)11-13-20-22(19)21-14-12-18-10-6-4-8-16(18)2/h3-14,22H,1-2H3. The van der Waals surface area contributed by atoms with Gasteiger partial charge >= 0.3 is 8.25 Å². The fraction of sp³-hybridized carbons (Fsp3) is 0.111. The lowest BCUT2D eigenvalue weighted by Gasteiger charge is -2.02. The molecule has 0 saturated heterocycles. The SMILES string of the molecule is Cc1ccccc1C=CO[PH](=O)OC=Cc1ccccc1C. The molecule has 0 amide bonds. The van der Waals surface area contributed by atoms with Crippen LogP contribution in [0, 0.1) is 13.8 Å². The molecule has 3 nitrogen and oxygen atoms in total. The van der Waals surface area contributed by atoms with Crippen molar-refractivity contribution in [1.29, 1.82) is 0 Å². The number of hydrogen-bond donors (Lipinski definition) is 0. The van der Waals surface area contributed by atoms with Gasteiger partial charge in [-0.3, -0.25) is 0 Å². The van der Waals surface area contributed by atoms with Gasteiger partial charge in [0.1, 0.15) is 0 Å². The van der Waals surface area contributed by atoms with Gasteiger partial charge in [-0.1, -0.05) is 48.5 Å². The number of rotatable bonds is 6. The largest absolute Gasteiger partial charge is 0.426 e. The molecule has 0 heterocycles. The zero-order chi connectivity index (χ0) is 15.8. The van der Waals surface area contributed by atoms with E-state index in [0.29, 0.717) is 0 Å². The van der Waals surface area contributed by atoms with Gasteiger partial charge in [0.25, 0.3) is 0 Å². The quantitative estimate of drug-likeness (QED) is 0.531. The van der Waals surface area contributed by atoms with Crippen molar-refractivity contribution in [3.8, 4) is 0 Å². The van der Waals surface area contributed by atoms with Crippen molar-refractivity contribution in [3.63, 3.8) is 0 Å². The van der Waals surface area contributed by atoms with Gasteiger partial charge in [0.2, 0.25) is 0 Å². The molecule has 0 radical (unpaired) electrons. The summed E-state index contributed by atoms with van der Waals surface area (Å²) >= 11 is 0. The molecule has 0 atom stereocenters. The Bertz CT molecular complexity index is 645. The summed E-state index contributed by atoms with van der Waals surface area (Å²) in [5, 5.41) is 0. The zero-order valence-corrected chi connectivity index (χ0v) is 13.7. The monoisotopic (exact) mass is 314 g/mol. The second kappa shape index (κ2) is 8.26. The van der Waals surface area contributed by atoms with Crippen molar-refractivity contribution in [2.24, 2.45) is 0 Å². The summed E-state index contributed by atoms with van der Waals surface area (Å²) in [7, 11) is -2.58. The van der Waals surface area contributed by atoms with E-state index < -0.39 is 8.25 Å². The summed E-state index contributed by atoms with van der Waals surface area (Å²) in [6.45, 7) is 4.01. The van der Waals surface area contributed by atoms with E-state index in [1.165, 1.54) is 12.5 Å². The summed E-state index contributed by atoms with van der Waals surface area (Å²) in [4.78, 5) is 0. The van der Waals surface area contributed by atoms with E-state index in [1.54, 1.807) is 12.2 Å². The molecule has 0 aliphatic heterocycles. The number of hydrogen-bond acceptors (Lipinski definition) is 3. The summed E-state index contributed by atoms with van der Waals surface area (Å²) in [5.74, 6) is 0. The van der Waals surface area contributed by atoms with Crippen LogP contribution in [0.5, 0.6) is 0 Å². The Morgan fingerprint density at radius 2 is 1.18 bits per heavy atom. The molecule has 2 rings (SSSR count). The molecule has 4 heteroatoms. The van der Waals surface area contributed by atoms with Crippen LogP contribution in [-0.2, 0) is 13.6 Å². The lowest BCUT2D eigenvalue weighted by atomic mass is 10.1. The summed E-state index contributed by atoms with van der Waals surface area (Å²) < 4.78 is 21.8. The minimum Gasteiger partial charge on any atom is -0.426 e. The van der Waals surface area contributed by atoms with Gasteiger partial charge in [0, 0.05) is 0 Å². The molecular formula is C18H19O3P. The molecular weight excluding hydrogens is 295 g/mol. The van der Waals surface area contributed by atoms with Crippen LogP contribution >= 0.6 is 8.25 Å². The predicted octanol–water partition coefficient (Wildman–Crippen LogP) is 5.37. The van der Waals surface area contributed by atoms with Crippen LogP contribution in [-0.4, -0.2) is 0 Å². The number of benzene rings is 2. The third-order valence-corrected chi connectivity index (χ3v) is 3.86. The van der Waals surface area contributed by atoms with Crippen LogP contribution in [0.2, 0.25) is 0 Å². The smallest absolute Gasteiger partial charge is 0.417 e. The van der Waals surface area contributed by atoms with Gasteiger partial charge < -0.3 is 9.05 Å². The average molecular weight is 314 g/mol. The molecule has 114 valence electrons. The van der Waals surface area contributed by atoms with Gasteiger partial charge in [-0.15, -0.1) is 0 Å². The topological polar surface area (TPSA) is 35.5 Å². The Morgan fingerprint density at radius 1 is 0.773 bits per heavy atom. The van der Waals surface area contributed by atoms with Crippen LogP contribution in [0.4, 0.5) is 0 Å². The molecule has 0 spiro atoms. The van der Waals surface area contributed by atoms with E-state index >= 15 is 0 Å². The van der Waals surface area contributed by atoms with Crippen LogP contribution in [0.1, 0.15) is 22.3 Å². The van der Waals surface area contributed by atoms with E-state index in [2.05, 4.69) is 0 Å². The van der Waals surface area contributed by atoms with Crippen LogP contribution < -0.4 is 0 Å². The fourth-order valence-corrected chi connectivity index (χ4v) is 2.31. The molecule has 2 aromatic rings. The molecule has 0 aliphatic rings. The van der Waals surface area contributed by atoms with Gasteiger partial charge in [0.15, 0.2) is 0 Å². The Hall–Kier alpha value is -2.25. The minimum atomic E-state index is -2.58. The molecule has 0 saturated carbocycles.